The Labute approximate surface area is 128 Å². The van der Waals surface area contributed by atoms with Crippen molar-refractivity contribution in [1.29, 1.82) is 0 Å². The fraction of sp³-hybridized carbons (Fsp3) is 0.611. The number of anilines is 1. The van der Waals surface area contributed by atoms with Gasteiger partial charge in [-0.15, -0.1) is 0 Å². The van der Waals surface area contributed by atoms with E-state index in [1.54, 1.807) is 0 Å². The van der Waals surface area contributed by atoms with E-state index in [-0.39, 0.29) is 5.97 Å². The number of carbonyl (C=O) groups excluding carboxylic acids is 1. The lowest BCUT2D eigenvalue weighted by Gasteiger charge is -2.32. The third kappa shape index (κ3) is 4.48. The van der Waals surface area contributed by atoms with Gasteiger partial charge in [0.1, 0.15) is 0 Å². The molecule has 1 aromatic rings. The van der Waals surface area contributed by atoms with Crippen LogP contribution in [0.4, 0.5) is 5.69 Å². The zero-order chi connectivity index (χ0) is 15.1. The smallest absolute Gasteiger partial charge is 0.338 e. The van der Waals surface area contributed by atoms with E-state index < -0.39 is 0 Å². The second kappa shape index (κ2) is 8.06. The topological polar surface area (TPSA) is 38.3 Å². The Balaban J connectivity index is 1.94. The molecule has 0 saturated heterocycles. The van der Waals surface area contributed by atoms with Gasteiger partial charge in [0.15, 0.2) is 0 Å². The number of hydrogen-bond acceptors (Lipinski definition) is 3. The molecule has 0 heterocycles. The molecule has 1 saturated carbocycles. The molecular weight excluding hydrogens is 262 g/mol. The molecule has 0 aliphatic heterocycles. The first-order chi connectivity index (χ1) is 10.2. The molecule has 116 valence electrons. The molecular formula is C18H27NO2. The molecule has 0 amide bonds. The first-order valence-corrected chi connectivity index (χ1v) is 8.28. The van der Waals surface area contributed by atoms with Crippen LogP contribution in [0.3, 0.4) is 0 Å². The highest BCUT2D eigenvalue weighted by Gasteiger charge is 2.23. The van der Waals surface area contributed by atoms with Gasteiger partial charge in [-0.05, 0) is 49.4 Å². The van der Waals surface area contributed by atoms with Crippen molar-refractivity contribution < 1.29 is 9.53 Å². The van der Waals surface area contributed by atoms with Crippen LogP contribution in [0.1, 0.15) is 62.7 Å². The molecule has 1 N–H and O–H groups in total. The van der Waals surface area contributed by atoms with E-state index in [1.165, 1.54) is 32.1 Å². The van der Waals surface area contributed by atoms with E-state index in [9.17, 15) is 4.79 Å². The lowest BCUT2D eigenvalue weighted by Crippen LogP contribution is -2.31. The third-order valence-electron chi connectivity index (χ3n) is 4.34. The minimum atomic E-state index is -0.229. The molecule has 21 heavy (non-hydrogen) atoms. The van der Waals surface area contributed by atoms with Gasteiger partial charge >= 0.3 is 5.97 Å². The highest BCUT2D eigenvalue weighted by atomic mass is 16.5. The summed E-state index contributed by atoms with van der Waals surface area (Å²) in [6.45, 7) is 4.76. The monoisotopic (exact) mass is 289 g/mol. The fourth-order valence-electron chi connectivity index (χ4n) is 3.08. The van der Waals surface area contributed by atoms with E-state index in [1.807, 2.05) is 31.2 Å². The largest absolute Gasteiger partial charge is 0.462 e. The SMILES string of the molecule is CCCOC(=O)c1ccc(NC2CCCCC2CC)cc1. The van der Waals surface area contributed by atoms with Gasteiger partial charge in [-0.1, -0.05) is 33.1 Å². The maximum atomic E-state index is 11.8. The van der Waals surface area contributed by atoms with Crippen molar-refractivity contribution >= 4 is 11.7 Å². The Morgan fingerprint density at radius 2 is 1.90 bits per heavy atom. The predicted molar refractivity (Wildman–Crippen MR) is 86.7 cm³/mol. The summed E-state index contributed by atoms with van der Waals surface area (Å²) in [5, 5.41) is 3.64. The summed E-state index contributed by atoms with van der Waals surface area (Å²) in [5.41, 5.74) is 1.73. The van der Waals surface area contributed by atoms with Crippen LogP contribution in [0.25, 0.3) is 0 Å². The Morgan fingerprint density at radius 1 is 1.19 bits per heavy atom. The maximum absolute atomic E-state index is 11.8. The first kappa shape index (κ1) is 15.9. The van der Waals surface area contributed by atoms with Gasteiger partial charge < -0.3 is 10.1 Å². The van der Waals surface area contributed by atoms with E-state index >= 15 is 0 Å². The van der Waals surface area contributed by atoms with Crippen molar-refractivity contribution in [3.63, 3.8) is 0 Å². The van der Waals surface area contributed by atoms with Crippen molar-refractivity contribution in [2.45, 2.75) is 58.4 Å². The number of ether oxygens (including phenoxy) is 1. The molecule has 0 aromatic heterocycles. The molecule has 1 aromatic carbocycles. The summed E-state index contributed by atoms with van der Waals surface area (Å²) in [7, 11) is 0. The van der Waals surface area contributed by atoms with Crippen LogP contribution in [0, 0.1) is 5.92 Å². The van der Waals surface area contributed by atoms with Gasteiger partial charge in [0.25, 0.3) is 0 Å². The van der Waals surface area contributed by atoms with Crippen molar-refractivity contribution in [3.8, 4) is 0 Å². The predicted octanol–water partition coefficient (Wildman–Crippen LogP) is 4.63. The van der Waals surface area contributed by atoms with Crippen LogP contribution in [-0.4, -0.2) is 18.6 Å². The number of rotatable bonds is 6. The quantitative estimate of drug-likeness (QED) is 0.776. The second-order valence-electron chi connectivity index (χ2n) is 5.92. The summed E-state index contributed by atoms with van der Waals surface area (Å²) in [5.74, 6) is 0.542. The molecule has 0 bridgehead atoms. The number of hydrogen-bond donors (Lipinski definition) is 1. The van der Waals surface area contributed by atoms with Crippen LogP contribution < -0.4 is 5.32 Å². The summed E-state index contributed by atoms with van der Waals surface area (Å²) in [6, 6.07) is 8.25. The minimum Gasteiger partial charge on any atom is -0.462 e. The van der Waals surface area contributed by atoms with Crippen molar-refractivity contribution in [2.24, 2.45) is 5.92 Å². The van der Waals surface area contributed by atoms with Gasteiger partial charge in [0.2, 0.25) is 0 Å². The third-order valence-corrected chi connectivity index (χ3v) is 4.34. The van der Waals surface area contributed by atoms with Crippen LogP contribution in [0.2, 0.25) is 0 Å². The summed E-state index contributed by atoms with van der Waals surface area (Å²) < 4.78 is 5.14. The van der Waals surface area contributed by atoms with Gasteiger partial charge in [0.05, 0.1) is 12.2 Å². The van der Waals surface area contributed by atoms with Crippen molar-refractivity contribution in [2.75, 3.05) is 11.9 Å². The molecule has 3 heteroatoms. The molecule has 0 radical (unpaired) electrons. The zero-order valence-electron chi connectivity index (χ0n) is 13.2. The lowest BCUT2D eigenvalue weighted by atomic mass is 9.83. The standard InChI is InChI=1S/C18H27NO2/c1-3-13-21-18(20)15-9-11-16(12-10-15)19-17-8-6-5-7-14(17)4-2/h9-12,14,17,19H,3-8,13H2,1-2H3. The van der Waals surface area contributed by atoms with Gasteiger partial charge in [-0.3, -0.25) is 0 Å². The second-order valence-corrected chi connectivity index (χ2v) is 5.92. The molecule has 0 spiro atoms. The Morgan fingerprint density at radius 3 is 2.57 bits per heavy atom. The average Bonchev–Trinajstić information content (AvgIpc) is 2.54. The molecule has 3 nitrogen and oxygen atoms in total. The van der Waals surface area contributed by atoms with Gasteiger partial charge in [-0.2, -0.15) is 0 Å². The number of esters is 1. The molecule has 2 atom stereocenters. The zero-order valence-corrected chi connectivity index (χ0v) is 13.2. The summed E-state index contributed by atoms with van der Waals surface area (Å²) >= 11 is 0. The van der Waals surface area contributed by atoms with Gasteiger partial charge in [-0.25, -0.2) is 4.79 Å². The maximum Gasteiger partial charge on any atom is 0.338 e. The molecule has 1 aliphatic carbocycles. The Hall–Kier alpha value is -1.51. The molecule has 1 fully saturated rings. The number of nitrogens with one attached hydrogen (secondary N) is 1. The van der Waals surface area contributed by atoms with E-state index in [2.05, 4.69) is 12.2 Å². The fourth-order valence-corrected chi connectivity index (χ4v) is 3.08. The van der Waals surface area contributed by atoms with E-state index in [4.69, 9.17) is 4.74 Å². The molecule has 2 unspecified atom stereocenters. The highest BCUT2D eigenvalue weighted by Crippen LogP contribution is 2.29. The van der Waals surface area contributed by atoms with Crippen LogP contribution in [0.5, 0.6) is 0 Å². The van der Waals surface area contributed by atoms with Crippen LogP contribution in [0.15, 0.2) is 24.3 Å². The summed E-state index contributed by atoms with van der Waals surface area (Å²) in [6.07, 6.45) is 7.34. The average molecular weight is 289 g/mol. The number of benzene rings is 1. The summed E-state index contributed by atoms with van der Waals surface area (Å²) in [4.78, 5) is 11.8. The molecule has 1 aliphatic rings. The van der Waals surface area contributed by atoms with Crippen LogP contribution in [-0.2, 0) is 4.74 Å². The highest BCUT2D eigenvalue weighted by molar-refractivity contribution is 5.89. The van der Waals surface area contributed by atoms with Crippen LogP contribution >= 0.6 is 0 Å². The van der Waals surface area contributed by atoms with Gasteiger partial charge in [0, 0.05) is 11.7 Å². The van der Waals surface area contributed by atoms with Crippen molar-refractivity contribution in [3.05, 3.63) is 29.8 Å². The number of carbonyl (C=O) groups is 1. The van der Waals surface area contributed by atoms with E-state index in [0.29, 0.717) is 18.2 Å². The molecule has 2 rings (SSSR count). The van der Waals surface area contributed by atoms with Crippen molar-refractivity contribution in [1.82, 2.24) is 0 Å². The lowest BCUT2D eigenvalue weighted by molar-refractivity contribution is 0.0505. The minimum absolute atomic E-state index is 0.229. The Kier molecular flexibility index (Phi) is 6.09. The normalized spacial score (nSPS) is 21.8. The first-order valence-electron chi connectivity index (χ1n) is 8.28. The van der Waals surface area contributed by atoms with E-state index in [0.717, 1.165) is 18.0 Å². The Bertz CT molecular complexity index is 441.